The monoisotopic (exact) mass is 372 g/mol. The molecule has 2 aromatic rings. The molecule has 0 fully saturated rings. The number of rotatable bonds is 8. The fourth-order valence-electron chi connectivity index (χ4n) is 3.39. The normalized spacial score (nSPS) is 13.7. The average Bonchev–Trinajstić information content (AvgIpc) is 2.63. The first-order valence-corrected chi connectivity index (χ1v) is 9.38. The van der Waals surface area contributed by atoms with Gasteiger partial charge in [-0.05, 0) is 52.5 Å². The third-order valence-electron chi connectivity index (χ3n) is 5.17. The predicted octanol–water partition coefficient (Wildman–Crippen LogP) is 4.57. The van der Waals surface area contributed by atoms with Crippen LogP contribution >= 0.6 is 0 Å². The van der Waals surface area contributed by atoms with E-state index >= 15 is 0 Å². The highest BCUT2D eigenvalue weighted by atomic mass is 16.5. The zero-order chi connectivity index (χ0) is 20.2. The van der Waals surface area contributed by atoms with Gasteiger partial charge in [0.05, 0.1) is 25.9 Å². The molecule has 0 radical (unpaired) electrons. The summed E-state index contributed by atoms with van der Waals surface area (Å²) < 4.78 is 11.4. The van der Waals surface area contributed by atoms with E-state index in [4.69, 9.17) is 9.47 Å². The summed E-state index contributed by atoms with van der Waals surface area (Å²) in [6.07, 6.45) is 3.41. The summed E-state index contributed by atoms with van der Waals surface area (Å²) in [7, 11) is 3.40. The highest BCUT2D eigenvalue weighted by molar-refractivity contribution is 5.96. The van der Waals surface area contributed by atoms with E-state index in [0.717, 1.165) is 46.2 Å². The molecular weight excluding hydrogens is 340 g/mol. The first-order valence-electron chi connectivity index (χ1n) is 9.38. The van der Waals surface area contributed by atoms with Gasteiger partial charge in [-0.15, -0.1) is 0 Å². The summed E-state index contributed by atoms with van der Waals surface area (Å²) in [5.74, 6) is 1.76. The van der Waals surface area contributed by atoms with Crippen LogP contribution in [0.2, 0.25) is 0 Å². The van der Waals surface area contributed by atoms with Crippen LogP contribution in [0.5, 0.6) is 11.5 Å². The van der Waals surface area contributed by atoms with Crippen molar-refractivity contribution in [2.24, 2.45) is 0 Å². The fourth-order valence-corrected chi connectivity index (χ4v) is 3.39. The number of aliphatic hydroxyl groups excluding tert-OH is 1. The maximum absolute atomic E-state index is 10.0. The molecule has 2 N–H and O–H groups in total. The Morgan fingerprint density at radius 3 is 2.19 bits per heavy atom. The molecule has 0 spiro atoms. The molecule has 2 aromatic carbocycles. The number of hydrogen-bond donors (Lipinski definition) is 2. The van der Waals surface area contributed by atoms with E-state index in [0.29, 0.717) is 6.42 Å². The highest BCUT2D eigenvalue weighted by Gasteiger charge is 2.23. The molecule has 148 valence electrons. The standard InChI is InChI=1S/C23H32O4/c1-15(12-14-20(24)23(3,4)25)11-13-17-16(2)21(26-5)18-9-7-8-10-19(18)22(17)27-6/h7-11,20,24-25H,12-14H2,1-6H3. The van der Waals surface area contributed by atoms with Crippen molar-refractivity contribution in [2.75, 3.05) is 14.2 Å². The number of hydrogen-bond acceptors (Lipinski definition) is 4. The molecule has 1 unspecified atom stereocenters. The number of methoxy groups -OCH3 is 2. The molecule has 1 atom stereocenters. The van der Waals surface area contributed by atoms with E-state index in [1.165, 1.54) is 5.57 Å². The summed E-state index contributed by atoms with van der Waals surface area (Å²) in [5.41, 5.74) is 2.28. The lowest BCUT2D eigenvalue weighted by Gasteiger charge is -2.24. The summed E-state index contributed by atoms with van der Waals surface area (Å²) in [6.45, 7) is 7.38. The van der Waals surface area contributed by atoms with Crippen LogP contribution in [0.25, 0.3) is 10.8 Å². The van der Waals surface area contributed by atoms with Gasteiger partial charge in [0.15, 0.2) is 0 Å². The Balaban J connectivity index is 2.31. The van der Waals surface area contributed by atoms with Crippen molar-refractivity contribution in [2.45, 2.75) is 58.7 Å². The minimum absolute atomic E-state index is 0.531. The average molecular weight is 373 g/mol. The van der Waals surface area contributed by atoms with Crippen LogP contribution in [-0.2, 0) is 6.42 Å². The van der Waals surface area contributed by atoms with Gasteiger partial charge in [-0.1, -0.05) is 35.9 Å². The lowest BCUT2D eigenvalue weighted by atomic mass is 9.93. The second-order valence-electron chi connectivity index (χ2n) is 7.68. The Bertz CT molecular complexity index is 815. The van der Waals surface area contributed by atoms with Gasteiger partial charge in [0, 0.05) is 16.3 Å². The van der Waals surface area contributed by atoms with Crippen molar-refractivity contribution in [3.63, 3.8) is 0 Å². The van der Waals surface area contributed by atoms with E-state index < -0.39 is 11.7 Å². The molecule has 27 heavy (non-hydrogen) atoms. The largest absolute Gasteiger partial charge is 0.496 e. The first kappa shape index (κ1) is 21.3. The van der Waals surface area contributed by atoms with Crippen molar-refractivity contribution in [1.29, 1.82) is 0 Å². The van der Waals surface area contributed by atoms with Crippen LogP contribution < -0.4 is 9.47 Å². The summed E-state index contributed by atoms with van der Waals surface area (Å²) in [4.78, 5) is 0. The minimum Gasteiger partial charge on any atom is -0.496 e. The SMILES string of the molecule is COc1c(C)c(CC=C(C)CCC(O)C(C)(C)O)c(OC)c2ccccc12. The summed E-state index contributed by atoms with van der Waals surface area (Å²) >= 11 is 0. The van der Waals surface area contributed by atoms with Gasteiger partial charge in [-0.2, -0.15) is 0 Å². The van der Waals surface area contributed by atoms with Gasteiger partial charge in [-0.3, -0.25) is 0 Å². The molecule has 0 aliphatic heterocycles. The van der Waals surface area contributed by atoms with E-state index in [9.17, 15) is 10.2 Å². The molecule has 0 saturated carbocycles. The molecule has 0 aliphatic carbocycles. The van der Waals surface area contributed by atoms with Crippen LogP contribution in [0.15, 0.2) is 35.9 Å². The Labute approximate surface area is 162 Å². The first-order chi connectivity index (χ1) is 12.7. The van der Waals surface area contributed by atoms with E-state index in [1.807, 2.05) is 18.2 Å². The van der Waals surface area contributed by atoms with Gasteiger partial charge in [-0.25, -0.2) is 0 Å². The Morgan fingerprint density at radius 2 is 1.67 bits per heavy atom. The molecule has 0 heterocycles. The van der Waals surface area contributed by atoms with Crippen molar-refractivity contribution in [3.05, 3.63) is 47.0 Å². The Hall–Kier alpha value is -2.04. The highest BCUT2D eigenvalue weighted by Crippen LogP contribution is 2.40. The van der Waals surface area contributed by atoms with Crippen LogP contribution in [0.4, 0.5) is 0 Å². The molecule has 2 rings (SSSR count). The summed E-state index contributed by atoms with van der Waals surface area (Å²) in [5, 5.41) is 22.0. The number of ether oxygens (including phenoxy) is 2. The zero-order valence-corrected chi connectivity index (χ0v) is 17.3. The van der Waals surface area contributed by atoms with E-state index in [2.05, 4.69) is 26.0 Å². The predicted molar refractivity (Wildman–Crippen MR) is 111 cm³/mol. The van der Waals surface area contributed by atoms with Crippen molar-refractivity contribution >= 4 is 10.8 Å². The molecular formula is C23H32O4. The summed E-state index contributed by atoms with van der Waals surface area (Å²) in [6, 6.07) is 8.10. The topological polar surface area (TPSA) is 58.9 Å². The van der Waals surface area contributed by atoms with Gasteiger partial charge >= 0.3 is 0 Å². The lowest BCUT2D eigenvalue weighted by Crippen LogP contribution is -2.35. The Morgan fingerprint density at radius 1 is 1.11 bits per heavy atom. The van der Waals surface area contributed by atoms with Gasteiger partial charge < -0.3 is 19.7 Å². The van der Waals surface area contributed by atoms with Gasteiger partial charge in [0.25, 0.3) is 0 Å². The van der Waals surface area contributed by atoms with Crippen LogP contribution in [0, 0.1) is 6.92 Å². The van der Waals surface area contributed by atoms with Crippen molar-refractivity contribution in [3.8, 4) is 11.5 Å². The van der Waals surface area contributed by atoms with Crippen LogP contribution in [-0.4, -0.2) is 36.1 Å². The van der Waals surface area contributed by atoms with Crippen molar-refractivity contribution < 1.29 is 19.7 Å². The molecule has 0 saturated heterocycles. The quantitative estimate of drug-likeness (QED) is 0.667. The third kappa shape index (κ3) is 4.82. The van der Waals surface area contributed by atoms with Gasteiger partial charge in [0.2, 0.25) is 0 Å². The number of fused-ring (bicyclic) bond motifs is 1. The second kappa shape index (κ2) is 8.77. The molecule has 0 amide bonds. The molecule has 0 bridgehead atoms. The number of allylic oxidation sites excluding steroid dienone is 2. The smallest absolute Gasteiger partial charge is 0.130 e. The maximum atomic E-state index is 10.0. The fraction of sp³-hybridized carbons (Fsp3) is 0.478. The molecule has 4 heteroatoms. The molecule has 0 aromatic heterocycles. The zero-order valence-electron chi connectivity index (χ0n) is 17.3. The molecule has 0 aliphatic rings. The van der Waals surface area contributed by atoms with Crippen LogP contribution in [0.3, 0.4) is 0 Å². The second-order valence-corrected chi connectivity index (χ2v) is 7.68. The number of aliphatic hydroxyl groups is 2. The maximum Gasteiger partial charge on any atom is 0.130 e. The van der Waals surface area contributed by atoms with E-state index in [-0.39, 0.29) is 0 Å². The van der Waals surface area contributed by atoms with Crippen molar-refractivity contribution in [1.82, 2.24) is 0 Å². The molecule has 4 nitrogen and oxygen atoms in total. The van der Waals surface area contributed by atoms with E-state index in [1.54, 1.807) is 28.1 Å². The number of benzene rings is 2. The lowest BCUT2D eigenvalue weighted by molar-refractivity contribution is -0.0509. The van der Waals surface area contributed by atoms with Gasteiger partial charge in [0.1, 0.15) is 11.5 Å². The third-order valence-corrected chi connectivity index (χ3v) is 5.17. The van der Waals surface area contributed by atoms with Crippen LogP contribution in [0.1, 0.15) is 44.7 Å². The Kier molecular flexibility index (Phi) is 6.90. The minimum atomic E-state index is -1.08.